The predicted octanol–water partition coefficient (Wildman–Crippen LogP) is 3.45. The summed E-state index contributed by atoms with van der Waals surface area (Å²) in [6, 6.07) is 9.81. The Hall–Kier alpha value is -2.43. The van der Waals surface area contributed by atoms with Crippen LogP contribution in [0.4, 0.5) is 11.6 Å². The average molecular weight is 324 g/mol. The zero-order chi connectivity index (χ0) is 17.1. The predicted molar refractivity (Wildman–Crippen MR) is 96.5 cm³/mol. The number of rotatable bonds is 5. The van der Waals surface area contributed by atoms with Crippen LogP contribution in [0.15, 0.2) is 30.3 Å². The maximum atomic E-state index is 12.9. The van der Waals surface area contributed by atoms with E-state index in [1.807, 2.05) is 30.0 Å². The smallest absolute Gasteiger partial charge is 0.277 e. The highest BCUT2D eigenvalue weighted by atomic mass is 16.2. The van der Waals surface area contributed by atoms with Crippen LogP contribution in [0.25, 0.3) is 0 Å². The Bertz CT molecular complexity index is 742. The van der Waals surface area contributed by atoms with Gasteiger partial charge < -0.3 is 10.2 Å². The Balaban J connectivity index is 1.79. The maximum Gasteiger partial charge on any atom is 0.277 e. The van der Waals surface area contributed by atoms with Crippen LogP contribution >= 0.6 is 0 Å². The van der Waals surface area contributed by atoms with Crippen LogP contribution in [0.2, 0.25) is 0 Å². The summed E-state index contributed by atoms with van der Waals surface area (Å²) in [6.07, 6.45) is 1.94. The maximum absolute atomic E-state index is 12.9. The van der Waals surface area contributed by atoms with Gasteiger partial charge in [-0.2, -0.15) is 0 Å². The highest BCUT2D eigenvalue weighted by molar-refractivity contribution is 6.06. The number of carbonyl (C=O) groups is 1. The van der Waals surface area contributed by atoms with E-state index in [2.05, 4.69) is 35.2 Å². The number of fused-ring (bicyclic) bond motifs is 1. The van der Waals surface area contributed by atoms with Gasteiger partial charge >= 0.3 is 0 Å². The molecule has 5 heteroatoms. The minimum atomic E-state index is -0.0580. The van der Waals surface area contributed by atoms with Crippen molar-refractivity contribution in [1.29, 1.82) is 0 Å². The third-order valence-electron chi connectivity index (χ3n) is 4.21. The van der Waals surface area contributed by atoms with Crippen molar-refractivity contribution >= 4 is 17.5 Å². The molecule has 126 valence electrons. The molecule has 3 rings (SSSR count). The molecular weight excluding hydrogens is 300 g/mol. The Morgan fingerprint density at radius 2 is 2.08 bits per heavy atom. The van der Waals surface area contributed by atoms with Gasteiger partial charge in [-0.3, -0.25) is 4.79 Å². The van der Waals surface area contributed by atoms with Crippen molar-refractivity contribution in [3.63, 3.8) is 0 Å². The first-order valence-electron chi connectivity index (χ1n) is 8.54. The number of benzene rings is 1. The van der Waals surface area contributed by atoms with E-state index in [0.717, 1.165) is 30.8 Å². The summed E-state index contributed by atoms with van der Waals surface area (Å²) < 4.78 is 0. The summed E-state index contributed by atoms with van der Waals surface area (Å²) in [5.41, 5.74) is 3.46. The van der Waals surface area contributed by atoms with Crippen molar-refractivity contribution in [1.82, 2.24) is 9.97 Å². The van der Waals surface area contributed by atoms with Gasteiger partial charge in [-0.15, -0.1) is 0 Å². The molecule has 0 saturated carbocycles. The molecule has 0 radical (unpaired) electrons. The summed E-state index contributed by atoms with van der Waals surface area (Å²) in [5.74, 6) is 1.09. The molecule has 1 aromatic carbocycles. The second-order valence-electron chi connectivity index (χ2n) is 6.66. The number of nitrogens with zero attached hydrogens (tertiary/aromatic N) is 3. The number of amides is 1. The SMILES string of the molecule is Cc1cc(C(=O)N2CCc3ccccc32)nc(NCCC(C)C)n1. The Labute approximate surface area is 143 Å². The van der Waals surface area contributed by atoms with Crippen LogP contribution in [-0.4, -0.2) is 29.0 Å². The van der Waals surface area contributed by atoms with E-state index in [4.69, 9.17) is 0 Å². The molecule has 1 N–H and O–H groups in total. The first-order valence-corrected chi connectivity index (χ1v) is 8.54. The number of carbonyl (C=O) groups excluding carboxylic acids is 1. The monoisotopic (exact) mass is 324 g/mol. The molecule has 0 aliphatic carbocycles. The molecule has 24 heavy (non-hydrogen) atoms. The Morgan fingerprint density at radius 3 is 2.88 bits per heavy atom. The van der Waals surface area contributed by atoms with Crippen LogP contribution in [-0.2, 0) is 6.42 Å². The van der Waals surface area contributed by atoms with Gasteiger partial charge in [-0.05, 0) is 43.4 Å². The topological polar surface area (TPSA) is 58.1 Å². The third kappa shape index (κ3) is 3.55. The lowest BCUT2D eigenvalue weighted by Gasteiger charge is -2.17. The molecule has 0 spiro atoms. The van der Waals surface area contributed by atoms with Crippen LogP contribution < -0.4 is 10.2 Å². The normalized spacial score (nSPS) is 13.2. The number of hydrogen-bond acceptors (Lipinski definition) is 4. The van der Waals surface area contributed by atoms with Crippen LogP contribution in [0.1, 0.15) is 42.0 Å². The minimum absolute atomic E-state index is 0.0580. The fourth-order valence-corrected chi connectivity index (χ4v) is 2.92. The van der Waals surface area contributed by atoms with Crippen LogP contribution in [0.5, 0.6) is 0 Å². The zero-order valence-corrected chi connectivity index (χ0v) is 14.5. The highest BCUT2D eigenvalue weighted by Crippen LogP contribution is 2.28. The summed E-state index contributed by atoms with van der Waals surface area (Å²) >= 11 is 0. The van der Waals surface area contributed by atoms with E-state index < -0.39 is 0 Å². The number of para-hydroxylation sites is 1. The van der Waals surface area contributed by atoms with E-state index in [0.29, 0.717) is 24.1 Å². The zero-order valence-electron chi connectivity index (χ0n) is 14.5. The third-order valence-corrected chi connectivity index (χ3v) is 4.21. The first-order chi connectivity index (χ1) is 11.5. The van der Waals surface area contributed by atoms with Gasteiger partial charge in [-0.1, -0.05) is 32.0 Å². The Kier molecular flexibility index (Phi) is 4.79. The molecule has 1 amide bonds. The number of nitrogens with one attached hydrogen (secondary N) is 1. The molecule has 5 nitrogen and oxygen atoms in total. The van der Waals surface area contributed by atoms with Crippen molar-refractivity contribution in [2.75, 3.05) is 23.3 Å². The standard InChI is InChI=1S/C19H24N4O/c1-13(2)8-10-20-19-21-14(3)12-16(22-19)18(24)23-11-9-15-6-4-5-7-17(15)23/h4-7,12-13H,8-11H2,1-3H3,(H,20,21,22). The minimum Gasteiger partial charge on any atom is -0.354 e. The molecule has 0 bridgehead atoms. The van der Waals surface area contributed by atoms with Gasteiger partial charge in [0, 0.05) is 24.5 Å². The van der Waals surface area contributed by atoms with Crippen molar-refractivity contribution in [3.05, 3.63) is 47.3 Å². The quantitative estimate of drug-likeness (QED) is 0.915. The second-order valence-corrected chi connectivity index (χ2v) is 6.66. The average Bonchev–Trinajstić information content (AvgIpc) is 2.97. The van der Waals surface area contributed by atoms with Crippen molar-refractivity contribution in [3.8, 4) is 0 Å². The molecule has 0 fully saturated rings. The van der Waals surface area contributed by atoms with Crippen molar-refractivity contribution < 1.29 is 4.79 Å². The van der Waals surface area contributed by atoms with Crippen LogP contribution in [0.3, 0.4) is 0 Å². The van der Waals surface area contributed by atoms with Crippen molar-refractivity contribution in [2.45, 2.75) is 33.6 Å². The second kappa shape index (κ2) is 6.99. The van der Waals surface area contributed by atoms with Gasteiger partial charge in [0.1, 0.15) is 5.69 Å². The fourth-order valence-electron chi connectivity index (χ4n) is 2.92. The molecule has 0 atom stereocenters. The number of hydrogen-bond donors (Lipinski definition) is 1. The molecule has 1 aliphatic heterocycles. The van der Waals surface area contributed by atoms with Gasteiger partial charge in [0.25, 0.3) is 5.91 Å². The molecule has 0 saturated heterocycles. The van der Waals surface area contributed by atoms with Gasteiger partial charge in [0.15, 0.2) is 0 Å². The van der Waals surface area contributed by atoms with Crippen LogP contribution in [0, 0.1) is 12.8 Å². The lowest BCUT2D eigenvalue weighted by atomic mass is 10.1. The summed E-state index contributed by atoms with van der Waals surface area (Å²) in [5, 5.41) is 3.23. The summed E-state index contributed by atoms with van der Waals surface area (Å²) in [7, 11) is 0. The van der Waals surface area contributed by atoms with Gasteiger partial charge in [0.05, 0.1) is 0 Å². The number of aryl methyl sites for hydroxylation is 1. The fraction of sp³-hybridized carbons (Fsp3) is 0.421. The lowest BCUT2D eigenvalue weighted by molar-refractivity contribution is 0.0984. The Morgan fingerprint density at radius 1 is 1.29 bits per heavy atom. The van der Waals surface area contributed by atoms with E-state index in [9.17, 15) is 4.79 Å². The van der Waals surface area contributed by atoms with Gasteiger partial charge in [-0.25, -0.2) is 9.97 Å². The molecule has 2 heterocycles. The van der Waals surface area contributed by atoms with E-state index >= 15 is 0 Å². The van der Waals surface area contributed by atoms with E-state index in [1.54, 1.807) is 6.07 Å². The summed E-state index contributed by atoms with van der Waals surface area (Å²) in [6.45, 7) is 7.76. The highest BCUT2D eigenvalue weighted by Gasteiger charge is 2.26. The van der Waals surface area contributed by atoms with Crippen molar-refractivity contribution in [2.24, 2.45) is 5.92 Å². The van der Waals surface area contributed by atoms with Gasteiger partial charge in [0.2, 0.25) is 5.95 Å². The summed E-state index contributed by atoms with van der Waals surface area (Å²) in [4.78, 5) is 23.5. The van der Waals surface area contributed by atoms with E-state index in [1.165, 1.54) is 5.56 Å². The molecule has 1 aromatic heterocycles. The molecule has 2 aromatic rings. The molecule has 0 unspecified atom stereocenters. The largest absolute Gasteiger partial charge is 0.354 e. The lowest BCUT2D eigenvalue weighted by Crippen LogP contribution is -2.30. The molecular formula is C19H24N4O. The number of anilines is 2. The number of aromatic nitrogens is 2. The molecule has 1 aliphatic rings. The first kappa shape index (κ1) is 16.4. The van der Waals surface area contributed by atoms with E-state index in [-0.39, 0.29) is 5.91 Å².